The minimum Gasteiger partial charge on any atom is -0.261 e. The second kappa shape index (κ2) is 12.4. The number of hydrogen-bond acceptors (Lipinski definition) is 1. The summed E-state index contributed by atoms with van der Waals surface area (Å²) in [6, 6.07) is 18.1. The number of halogens is 1. The highest BCUT2D eigenvalue weighted by molar-refractivity contribution is 5.70. The highest BCUT2D eigenvalue weighted by Crippen LogP contribution is 2.27. The average molecular weight is 418 g/mol. The van der Waals surface area contributed by atoms with Gasteiger partial charge in [-0.3, -0.25) is 4.98 Å². The summed E-state index contributed by atoms with van der Waals surface area (Å²) in [6.07, 6.45) is 14.0. The fraction of sp³-hybridized carbons (Fsp3) is 0.414. The molecule has 0 unspecified atom stereocenters. The fourth-order valence-electron chi connectivity index (χ4n) is 4.00. The summed E-state index contributed by atoms with van der Waals surface area (Å²) in [5.41, 5.74) is 6.04. The Hall–Kier alpha value is -2.48. The maximum absolute atomic E-state index is 14.6. The molecule has 2 heteroatoms. The Morgan fingerprint density at radius 2 is 1.32 bits per heavy atom. The lowest BCUT2D eigenvalue weighted by atomic mass is 9.98. The van der Waals surface area contributed by atoms with Gasteiger partial charge in [0.15, 0.2) is 0 Å². The molecule has 0 aliphatic rings. The van der Waals surface area contributed by atoms with E-state index >= 15 is 0 Å². The first-order chi connectivity index (χ1) is 15.2. The summed E-state index contributed by atoms with van der Waals surface area (Å²) >= 11 is 0. The van der Waals surface area contributed by atoms with Gasteiger partial charge in [-0.2, -0.15) is 0 Å². The van der Waals surface area contributed by atoms with Crippen LogP contribution in [0.4, 0.5) is 4.39 Å². The largest absolute Gasteiger partial charge is 0.261 e. The van der Waals surface area contributed by atoms with Gasteiger partial charge in [-0.25, -0.2) is 4.39 Å². The Balaban J connectivity index is 1.58. The monoisotopic (exact) mass is 417 g/mol. The van der Waals surface area contributed by atoms with Gasteiger partial charge in [0.05, 0.1) is 0 Å². The van der Waals surface area contributed by atoms with E-state index < -0.39 is 0 Å². The van der Waals surface area contributed by atoms with Crippen molar-refractivity contribution in [1.29, 1.82) is 0 Å². The average Bonchev–Trinajstić information content (AvgIpc) is 2.81. The van der Waals surface area contributed by atoms with Crippen molar-refractivity contribution >= 4 is 0 Å². The molecule has 164 valence electrons. The molecule has 0 spiro atoms. The molecule has 31 heavy (non-hydrogen) atoms. The molecular weight excluding hydrogens is 381 g/mol. The predicted molar refractivity (Wildman–Crippen MR) is 131 cm³/mol. The van der Waals surface area contributed by atoms with Crippen LogP contribution < -0.4 is 0 Å². The Morgan fingerprint density at radius 1 is 0.645 bits per heavy atom. The number of aromatic nitrogens is 1. The number of pyridine rings is 1. The second-order valence-corrected chi connectivity index (χ2v) is 8.55. The molecule has 3 rings (SSSR count). The Morgan fingerprint density at radius 3 is 2.00 bits per heavy atom. The van der Waals surface area contributed by atoms with Crippen LogP contribution in [0.2, 0.25) is 0 Å². The van der Waals surface area contributed by atoms with Crippen molar-refractivity contribution in [3.8, 4) is 22.3 Å². The van der Waals surface area contributed by atoms with E-state index in [2.05, 4.69) is 49.2 Å². The molecule has 0 saturated heterocycles. The minimum absolute atomic E-state index is 0.137. The molecule has 0 saturated carbocycles. The lowest BCUT2D eigenvalue weighted by Gasteiger charge is -2.08. The van der Waals surface area contributed by atoms with Crippen molar-refractivity contribution in [2.45, 2.75) is 78.1 Å². The summed E-state index contributed by atoms with van der Waals surface area (Å²) in [4.78, 5) is 4.66. The summed E-state index contributed by atoms with van der Waals surface area (Å²) in [5, 5.41) is 0. The van der Waals surface area contributed by atoms with Crippen molar-refractivity contribution in [2.24, 2.45) is 0 Å². The van der Waals surface area contributed by atoms with Gasteiger partial charge in [0.25, 0.3) is 0 Å². The van der Waals surface area contributed by atoms with Crippen LogP contribution in [0.15, 0.2) is 60.8 Å². The molecule has 2 aromatic carbocycles. The zero-order valence-corrected chi connectivity index (χ0v) is 19.2. The van der Waals surface area contributed by atoms with Gasteiger partial charge in [-0.05, 0) is 54.5 Å². The van der Waals surface area contributed by atoms with E-state index in [-0.39, 0.29) is 5.82 Å². The maximum atomic E-state index is 14.6. The van der Waals surface area contributed by atoms with Gasteiger partial charge in [0.2, 0.25) is 0 Å². The summed E-state index contributed by atoms with van der Waals surface area (Å²) < 4.78 is 14.6. The van der Waals surface area contributed by atoms with Gasteiger partial charge in [0.1, 0.15) is 5.82 Å². The quantitative estimate of drug-likeness (QED) is 0.268. The lowest BCUT2D eigenvalue weighted by molar-refractivity contribution is 0.605. The Bertz CT molecular complexity index is 912. The third-order valence-electron chi connectivity index (χ3n) is 5.99. The highest BCUT2D eigenvalue weighted by atomic mass is 19.1. The highest BCUT2D eigenvalue weighted by Gasteiger charge is 2.07. The Labute approximate surface area is 187 Å². The molecular formula is C29H36FN. The van der Waals surface area contributed by atoms with Crippen LogP contribution in [0.5, 0.6) is 0 Å². The maximum Gasteiger partial charge on any atom is 0.131 e. The molecule has 0 aliphatic heterocycles. The summed E-state index contributed by atoms with van der Waals surface area (Å²) in [6.45, 7) is 4.41. The third kappa shape index (κ3) is 7.02. The topological polar surface area (TPSA) is 12.9 Å². The van der Waals surface area contributed by atoms with Crippen LogP contribution in [-0.2, 0) is 12.8 Å². The van der Waals surface area contributed by atoms with E-state index in [0.717, 1.165) is 47.9 Å². The summed E-state index contributed by atoms with van der Waals surface area (Å²) in [7, 11) is 0. The van der Waals surface area contributed by atoms with Crippen LogP contribution in [0.3, 0.4) is 0 Å². The van der Waals surface area contributed by atoms with Crippen LogP contribution in [0, 0.1) is 5.82 Å². The molecule has 0 atom stereocenters. The van der Waals surface area contributed by atoms with Gasteiger partial charge in [-0.1, -0.05) is 94.8 Å². The first kappa shape index (κ1) is 23.2. The lowest BCUT2D eigenvalue weighted by Crippen LogP contribution is -1.92. The number of nitrogens with zero attached hydrogens (tertiary/aromatic N) is 1. The zero-order valence-electron chi connectivity index (χ0n) is 19.2. The first-order valence-electron chi connectivity index (χ1n) is 12.1. The van der Waals surface area contributed by atoms with Crippen LogP contribution in [0.1, 0.15) is 76.5 Å². The summed E-state index contributed by atoms with van der Waals surface area (Å²) in [5.74, 6) is -0.137. The number of benzene rings is 2. The van der Waals surface area contributed by atoms with Crippen LogP contribution in [0.25, 0.3) is 22.3 Å². The molecule has 3 aromatic rings. The molecule has 0 radical (unpaired) electrons. The number of unbranched alkanes of at least 4 members (excludes halogenated alkanes) is 6. The fourth-order valence-corrected chi connectivity index (χ4v) is 4.00. The first-order valence-corrected chi connectivity index (χ1v) is 12.1. The van der Waals surface area contributed by atoms with E-state index in [1.807, 2.05) is 24.4 Å². The molecule has 0 fully saturated rings. The minimum atomic E-state index is -0.137. The number of hydrogen-bond donors (Lipinski definition) is 0. The van der Waals surface area contributed by atoms with Crippen molar-refractivity contribution in [3.05, 3.63) is 77.9 Å². The molecule has 0 amide bonds. The van der Waals surface area contributed by atoms with Crippen LogP contribution in [-0.4, -0.2) is 4.98 Å². The molecule has 0 N–H and O–H groups in total. The van der Waals surface area contributed by atoms with E-state index in [9.17, 15) is 4.39 Å². The van der Waals surface area contributed by atoms with E-state index in [4.69, 9.17) is 0 Å². The van der Waals surface area contributed by atoms with Gasteiger partial charge < -0.3 is 0 Å². The van der Waals surface area contributed by atoms with E-state index in [1.54, 1.807) is 6.07 Å². The van der Waals surface area contributed by atoms with Gasteiger partial charge >= 0.3 is 0 Å². The zero-order chi connectivity index (χ0) is 21.9. The normalized spacial score (nSPS) is 11.1. The van der Waals surface area contributed by atoms with Crippen molar-refractivity contribution in [3.63, 3.8) is 0 Å². The molecule has 1 aromatic heterocycles. The predicted octanol–water partition coefficient (Wildman–Crippen LogP) is 8.80. The molecule has 1 nitrogen and oxygen atoms in total. The van der Waals surface area contributed by atoms with Crippen molar-refractivity contribution in [2.75, 3.05) is 0 Å². The Kier molecular flexibility index (Phi) is 9.27. The van der Waals surface area contributed by atoms with Gasteiger partial charge in [0, 0.05) is 23.0 Å². The van der Waals surface area contributed by atoms with E-state index in [1.165, 1.54) is 44.2 Å². The molecule has 0 aliphatic carbocycles. The van der Waals surface area contributed by atoms with Crippen LogP contribution >= 0.6 is 0 Å². The smallest absolute Gasteiger partial charge is 0.131 e. The molecule has 0 bridgehead atoms. The SMILES string of the molecule is CCCCCCCCc1ccc(-c2ccc(-c3ccc(CCCC)cc3F)cc2)cn1. The molecule has 1 heterocycles. The number of aryl methyl sites for hydroxylation is 2. The third-order valence-corrected chi connectivity index (χ3v) is 5.99. The van der Waals surface area contributed by atoms with Crippen molar-refractivity contribution < 1.29 is 4.39 Å². The van der Waals surface area contributed by atoms with E-state index in [0.29, 0.717) is 5.56 Å². The number of rotatable bonds is 12. The standard InChI is InChI=1S/C29H36FN/c1-3-5-7-8-9-10-12-27-19-18-26(22-31-27)24-14-16-25(17-15-24)28-20-13-23(11-6-4-2)21-29(28)30/h13-22H,3-12H2,1-2H3. The van der Waals surface area contributed by atoms with Crippen molar-refractivity contribution in [1.82, 2.24) is 4.98 Å². The second-order valence-electron chi connectivity index (χ2n) is 8.55. The van der Waals surface area contributed by atoms with Gasteiger partial charge in [-0.15, -0.1) is 0 Å².